The van der Waals surface area contributed by atoms with Crippen molar-refractivity contribution in [2.75, 3.05) is 0 Å². The molecule has 0 saturated carbocycles. The minimum atomic E-state index is 1.17. The van der Waals surface area contributed by atoms with Crippen molar-refractivity contribution in [1.82, 2.24) is 0 Å². The van der Waals surface area contributed by atoms with Crippen molar-refractivity contribution in [3.63, 3.8) is 0 Å². The summed E-state index contributed by atoms with van der Waals surface area (Å²) >= 11 is 0. The largest absolute Gasteiger partial charge is 0.0622 e. The Balaban J connectivity index is 1.15. The van der Waals surface area contributed by atoms with E-state index in [1.807, 2.05) is 0 Å². The van der Waals surface area contributed by atoms with Crippen molar-refractivity contribution in [2.45, 2.75) is 0 Å². The van der Waals surface area contributed by atoms with Gasteiger partial charge in [0.05, 0.1) is 0 Å². The molecule has 0 fully saturated rings. The van der Waals surface area contributed by atoms with Crippen LogP contribution in [-0.2, 0) is 0 Å². The molecule has 0 heteroatoms. The molecule has 0 atom stereocenters. The number of hydrogen-bond donors (Lipinski definition) is 0. The maximum Gasteiger partial charge on any atom is -0.000115 e. The number of rotatable bonds is 10. The highest BCUT2D eigenvalue weighted by Gasteiger charge is 2.42. The van der Waals surface area contributed by atoms with Gasteiger partial charge in [0.25, 0.3) is 0 Å². The second-order valence-corrected chi connectivity index (χ2v) is 18.6. The first kappa shape index (κ1) is 42.7. The van der Waals surface area contributed by atoms with Crippen molar-refractivity contribution in [2.24, 2.45) is 0 Å². The van der Waals surface area contributed by atoms with Crippen molar-refractivity contribution in [3.05, 3.63) is 330 Å². The third kappa shape index (κ3) is 7.58. The van der Waals surface area contributed by atoms with E-state index in [-0.39, 0.29) is 0 Å². The molecule has 0 aromatic heterocycles. The van der Waals surface area contributed by atoms with Gasteiger partial charge >= 0.3 is 0 Å². The standard InChI is InChI=1S/C72H48/c1-7-23-49(24-8-1)51-39-43-55(44-40-51)59-35-19-21-37-61(59)69-68(58-33-17-6-18-34-58)71-66-48-64(54-29-13-4-14-30-54)63(53-27-11-3-12-28-53)47-65(66)67(57-31-15-5-16-32-57)72(71)70(69)62-38-22-20-36-60(62)56-45-41-52(42-46-56)50-25-9-2-10-26-50/h1-48H. The Labute approximate surface area is 422 Å². The summed E-state index contributed by atoms with van der Waals surface area (Å²) in [5.74, 6) is 0. The average molecular weight is 913 g/mol. The average Bonchev–Trinajstić information content (AvgIpc) is 3.98. The van der Waals surface area contributed by atoms with E-state index >= 15 is 0 Å². The smallest absolute Gasteiger partial charge is 0.000115 e. The van der Waals surface area contributed by atoms with E-state index in [0.29, 0.717) is 0 Å². The molecule has 0 spiro atoms. The van der Waals surface area contributed by atoms with Gasteiger partial charge in [-0.25, -0.2) is 0 Å². The summed E-state index contributed by atoms with van der Waals surface area (Å²) < 4.78 is 0. The Morgan fingerprint density at radius 1 is 0.111 bits per heavy atom. The first-order chi connectivity index (χ1) is 35.8. The van der Waals surface area contributed by atoms with E-state index in [1.165, 1.54) is 134 Å². The van der Waals surface area contributed by atoms with E-state index in [0.717, 1.165) is 0 Å². The third-order valence-corrected chi connectivity index (χ3v) is 14.5. The fourth-order valence-electron chi connectivity index (χ4n) is 11.2. The summed E-state index contributed by atoms with van der Waals surface area (Å²) in [5.41, 5.74) is 29.1. The zero-order valence-corrected chi connectivity index (χ0v) is 39.7. The van der Waals surface area contributed by atoms with Gasteiger partial charge in [0.15, 0.2) is 0 Å². The molecule has 2 aliphatic rings. The van der Waals surface area contributed by atoms with E-state index in [4.69, 9.17) is 0 Å². The Hall–Kier alpha value is -9.36. The number of fused-ring (bicyclic) bond motifs is 3. The molecule has 72 heavy (non-hydrogen) atoms. The summed E-state index contributed by atoms with van der Waals surface area (Å²) in [6.45, 7) is 0. The zero-order chi connectivity index (χ0) is 47.8. The molecule has 0 bridgehead atoms. The van der Waals surface area contributed by atoms with Crippen LogP contribution >= 0.6 is 0 Å². The Morgan fingerprint density at radius 2 is 0.347 bits per heavy atom. The normalized spacial score (nSPS) is 12.8. The first-order valence-electron chi connectivity index (χ1n) is 24.9. The summed E-state index contributed by atoms with van der Waals surface area (Å²) in [4.78, 5) is 0. The van der Waals surface area contributed by atoms with Crippen molar-refractivity contribution in [3.8, 4) is 66.8 Å². The molecule has 336 valence electrons. The van der Waals surface area contributed by atoms with Gasteiger partial charge in [-0.2, -0.15) is 0 Å². The first-order valence-corrected chi connectivity index (χ1v) is 24.9. The van der Waals surface area contributed by atoms with Gasteiger partial charge in [0.1, 0.15) is 0 Å². The van der Waals surface area contributed by atoms with Crippen molar-refractivity contribution in [1.29, 1.82) is 0 Å². The van der Waals surface area contributed by atoms with E-state index in [2.05, 4.69) is 291 Å². The fraction of sp³-hybridized carbons (Fsp3) is 0. The van der Waals surface area contributed by atoms with Crippen LogP contribution in [0.5, 0.6) is 0 Å². The molecular weight excluding hydrogens is 865 g/mol. The summed E-state index contributed by atoms with van der Waals surface area (Å²) in [6.07, 6.45) is 0. The van der Waals surface area contributed by atoms with Crippen LogP contribution in [0, 0.1) is 0 Å². The number of benzene rings is 11. The molecule has 11 aromatic rings. The fourth-order valence-corrected chi connectivity index (χ4v) is 11.2. The SMILES string of the molecule is c1ccc(C2=C3C(=C(c4ccccc4)c4cc(-c5ccccc5)c(-c5ccccc5)cc43)C(c3ccccc3-c3ccc(-c4ccccc4)cc3)=C2c2ccccc2-c2ccc(-c3ccccc3)cc2)cc1. The summed E-state index contributed by atoms with van der Waals surface area (Å²) in [6, 6.07) is 107. The maximum absolute atomic E-state index is 2.50. The van der Waals surface area contributed by atoms with E-state index in [1.54, 1.807) is 0 Å². The molecule has 0 unspecified atom stereocenters. The predicted molar refractivity (Wildman–Crippen MR) is 304 cm³/mol. The lowest BCUT2D eigenvalue weighted by Crippen LogP contribution is -1.99. The minimum absolute atomic E-state index is 1.17. The van der Waals surface area contributed by atoms with Crippen molar-refractivity contribution < 1.29 is 0 Å². The maximum atomic E-state index is 2.50. The van der Waals surface area contributed by atoms with Crippen molar-refractivity contribution >= 4 is 27.9 Å². The van der Waals surface area contributed by atoms with Crippen LogP contribution in [0.1, 0.15) is 33.4 Å². The second kappa shape index (κ2) is 18.5. The predicted octanol–water partition coefficient (Wildman–Crippen LogP) is 19.0. The lowest BCUT2D eigenvalue weighted by atomic mass is 9.81. The van der Waals surface area contributed by atoms with Gasteiger partial charge in [0, 0.05) is 0 Å². The molecule has 0 saturated heterocycles. The van der Waals surface area contributed by atoms with E-state index < -0.39 is 0 Å². The minimum Gasteiger partial charge on any atom is -0.0622 e. The third-order valence-electron chi connectivity index (χ3n) is 14.5. The molecule has 13 rings (SSSR count). The number of hydrogen-bond acceptors (Lipinski definition) is 0. The molecule has 2 aliphatic carbocycles. The molecule has 0 N–H and O–H groups in total. The zero-order valence-electron chi connectivity index (χ0n) is 39.7. The lowest BCUT2D eigenvalue weighted by Gasteiger charge is -2.21. The van der Waals surface area contributed by atoms with Crippen LogP contribution in [0.25, 0.3) is 94.6 Å². The van der Waals surface area contributed by atoms with Crippen LogP contribution < -0.4 is 0 Å². The Morgan fingerprint density at radius 3 is 0.736 bits per heavy atom. The van der Waals surface area contributed by atoms with Gasteiger partial charge in [-0.05, 0) is 146 Å². The van der Waals surface area contributed by atoms with Gasteiger partial charge in [-0.3, -0.25) is 0 Å². The van der Waals surface area contributed by atoms with Gasteiger partial charge in [0.2, 0.25) is 0 Å². The Bertz CT molecular complexity index is 3860. The highest BCUT2D eigenvalue weighted by molar-refractivity contribution is 6.40. The van der Waals surface area contributed by atoms with Crippen LogP contribution in [-0.4, -0.2) is 0 Å². The van der Waals surface area contributed by atoms with E-state index in [9.17, 15) is 0 Å². The molecule has 0 nitrogen and oxygen atoms in total. The molecular formula is C72H48. The van der Waals surface area contributed by atoms with Gasteiger partial charge in [-0.1, -0.05) is 279 Å². The van der Waals surface area contributed by atoms with Gasteiger partial charge < -0.3 is 0 Å². The monoisotopic (exact) mass is 912 g/mol. The molecule has 0 heterocycles. The van der Waals surface area contributed by atoms with Crippen LogP contribution in [0.15, 0.2) is 297 Å². The molecule has 11 aromatic carbocycles. The number of allylic oxidation sites excluding steroid dienone is 5. The Kier molecular flexibility index (Phi) is 11.0. The lowest BCUT2D eigenvalue weighted by molar-refractivity contribution is 1.51. The summed E-state index contributed by atoms with van der Waals surface area (Å²) in [5, 5.41) is 0. The van der Waals surface area contributed by atoms with Crippen LogP contribution in [0.3, 0.4) is 0 Å². The van der Waals surface area contributed by atoms with Crippen LogP contribution in [0.4, 0.5) is 0 Å². The topological polar surface area (TPSA) is 0 Å². The summed E-state index contributed by atoms with van der Waals surface area (Å²) in [7, 11) is 0. The molecule has 0 aliphatic heterocycles. The van der Waals surface area contributed by atoms with Gasteiger partial charge in [-0.15, -0.1) is 0 Å². The molecule has 0 amide bonds. The quantitative estimate of drug-likeness (QED) is 0.128. The second-order valence-electron chi connectivity index (χ2n) is 18.6. The highest BCUT2D eigenvalue weighted by atomic mass is 14.4. The van der Waals surface area contributed by atoms with Crippen LogP contribution in [0.2, 0.25) is 0 Å². The molecule has 0 radical (unpaired) electrons. The highest BCUT2D eigenvalue weighted by Crippen LogP contribution is 2.63.